The molecule has 38 heavy (non-hydrogen) atoms. The highest BCUT2D eigenvalue weighted by molar-refractivity contribution is 6.30. The van der Waals surface area contributed by atoms with Gasteiger partial charge in [-0.25, -0.2) is 4.39 Å². The molecule has 0 aromatic heterocycles. The van der Waals surface area contributed by atoms with Crippen LogP contribution in [0.2, 0.25) is 10.0 Å². The van der Waals surface area contributed by atoms with Gasteiger partial charge in [0.05, 0.1) is 39.5 Å². The number of carbonyl (C=O) groups is 1. The van der Waals surface area contributed by atoms with Gasteiger partial charge in [0.25, 0.3) is 0 Å². The first-order valence-electron chi connectivity index (χ1n) is 12.3. The molecule has 1 heterocycles. The van der Waals surface area contributed by atoms with Crippen LogP contribution in [0, 0.1) is 5.82 Å². The molecule has 1 amide bonds. The van der Waals surface area contributed by atoms with E-state index in [2.05, 4.69) is 0 Å². The van der Waals surface area contributed by atoms with Gasteiger partial charge in [-0.2, -0.15) is 0 Å². The summed E-state index contributed by atoms with van der Waals surface area (Å²) < 4.78 is 37.1. The summed E-state index contributed by atoms with van der Waals surface area (Å²) in [6, 6.07) is 16.3. The number of ether oxygens (including phenoxy) is 4. The first-order valence-corrected chi connectivity index (χ1v) is 13.0. The molecular formula is C29H30Cl2FNO5. The molecule has 0 bridgehead atoms. The van der Waals surface area contributed by atoms with E-state index >= 15 is 0 Å². The molecule has 0 N–H and O–H groups in total. The second kappa shape index (κ2) is 12.8. The van der Waals surface area contributed by atoms with E-state index < -0.39 is 18.0 Å². The lowest BCUT2D eigenvalue weighted by atomic mass is 9.91. The molecule has 1 aliphatic heterocycles. The fraction of sp³-hybridized carbons (Fsp3) is 0.345. The Morgan fingerprint density at radius 1 is 0.974 bits per heavy atom. The maximum absolute atomic E-state index is 14.3. The Morgan fingerprint density at radius 3 is 2.37 bits per heavy atom. The summed E-state index contributed by atoms with van der Waals surface area (Å²) in [5.41, 5.74) is 2.27. The van der Waals surface area contributed by atoms with Gasteiger partial charge in [-0.1, -0.05) is 48.3 Å². The molecule has 1 aliphatic rings. The monoisotopic (exact) mass is 561 g/mol. The summed E-state index contributed by atoms with van der Waals surface area (Å²) in [5, 5.41) is 0.825. The minimum absolute atomic E-state index is 0.144. The zero-order chi connectivity index (χ0) is 27.2. The normalized spacial score (nSPS) is 18.4. The number of methoxy groups -OCH3 is 2. The fourth-order valence-corrected chi connectivity index (χ4v) is 5.11. The lowest BCUT2D eigenvalue weighted by Gasteiger charge is -2.45. The lowest BCUT2D eigenvalue weighted by molar-refractivity contribution is -0.166. The van der Waals surface area contributed by atoms with Gasteiger partial charge in [-0.15, -0.1) is 0 Å². The number of hydrogen-bond acceptors (Lipinski definition) is 5. The maximum Gasteiger partial charge on any atom is 0.249 e. The Bertz CT molecular complexity index is 1240. The first-order chi connectivity index (χ1) is 18.3. The molecule has 202 valence electrons. The third-order valence-corrected chi connectivity index (χ3v) is 7.05. The molecule has 4 rings (SSSR count). The zero-order valence-corrected chi connectivity index (χ0v) is 23.0. The van der Waals surface area contributed by atoms with Crippen molar-refractivity contribution in [1.82, 2.24) is 4.90 Å². The van der Waals surface area contributed by atoms with Gasteiger partial charge in [0.2, 0.25) is 5.91 Å². The van der Waals surface area contributed by atoms with Crippen molar-refractivity contribution in [3.63, 3.8) is 0 Å². The third kappa shape index (κ3) is 6.41. The van der Waals surface area contributed by atoms with Gasteiger partial charge >= 0.3 is 0 Å². The van der Waals surface area contributed by atoms with Gasteiger partial charge in [-0.3, -0.25) is 4.79 Å². The van der Waals surface area contributed by atoms with E-state index in [0.717, 1.165) is 11.1 Å². The molecule has 3 atom stereocenters. The van der Waals surface area contributed by atoms with E-state index in [1.165, 1.54) is 12.1 Å². The number of morpholine rings is 1. The quantitative estimate of drug-likeness (QED) is 0.273. The summed E-state index contributed by atoms with van der Waals surface area (Å²) in [5.74, 6) is 0.601. The zero-order valence-electron chi connectivity index (χ0n) is 21.5. The maximum atomic E-state index is 14.3. The minimum Gasteiger partial charge on any atom is -0.493 e. The van der Waals surface area contributed by atoms with Gasteiger partial charge in [0, 0.05) is 10.0 Å². The van der Waals surface area contributed by atoms with E-state index in [0.29, 0.717) is 35.1 Å². The fourth-order valence-electron chi connectivity index (χ4n) is 4.75. The summed E-state index contributed by atoms with van der Waals surface area (Å²) in [6.07, 6.45) is 0.000232. The van der Waals surface area contributed by atoms with Crippen molar-refractivity contribution in [3.8, 4) is 11.5 Å². The van der Waals surface area contributed by atoms with Crippen molar-refractivity contribution < 1.29 is 28.1 Å². The molecule has 3 aromatic rings. The highest BCUT2D eigenvalue weighted by Gasteiger charge is 2.42. The molecule has 1 fully saturated rings. The molecule has 0 saturated carbocycles. The van der Waals surface area contributed by atoms with E-state index in [-0.39, 0.29) is 30.2 Å². The highest BCUT2D eigenvalue weighted by atomic mass is 35.5. The Morgan fingerprint density at radius 2 is 1.71 bits per heavy atom. The molecule has 0 spiro atoms. The molecule has 1 unspecified atom stereocenters. The van der Waals surface area contributed by atoms with Gasteiger partial charge in [0.15, 0.2) is 11.5 Å². The highest BCUT2D eigenvalue weighted by Crippen LogP contribution is 2.42. The van der Waals surface area contributed by atoms with Crippen molar-refractivity contribution in [2.45, 2.75) is 38.1 Å². The Labute approximate surface area is 232 Å². The number of nitrogens with zero attached hydrogens (tertiary/aromatic N) is 1. The van der Waals surface area contributed by atoms with Crippen molar-refractivity contribution in [2.24, 2.45) is 0 Å². The second-order valence-electron chi connectivity index (χ2n) is 9.00. The van der Waals surface area contributed by atoms with Crippen LogP contribution in [0.25, 0.3) is 0 Å². The number of amides is 1. The average molecular weight is 562 g/mol. The van der Waals surface area contributed by atoms with E-state index in [1.54, 1.807) is 37.3 Å². The summed E-state index contributed by atoms with van der Waals surface area (Å²) in [7, 11) is 3.17. The van der Waals surface area contributed by atoms with Crippen LogP contribution in [0.1, 0.15) is 42.2 Å². The Hall–Kier alpha value is -2.84. The standard InChI is InChI=1S/C29H30Cl2FNO5/c1-4-24(16-37-15-18-5-10-25(35-2)26(11-18)36-3)33-27(34)17-38-29(20-12-22(31)14-23(32)13-20)28(33)19-6-8-21(30)9-7-19/h5-14,24,28-29H,4,15-17H2,1-3H3/t24?,28-,29-/m1/s1. The smallest absolute Gasteiger partial charge is 0.249 e. The molecular weight excluding hydrogens is 532 g/mol. The van der Waals surface area contributed by atoms with Crippen molar-refractivity contribution >= 4 is 29.1 Å². The lowest BCUT2D eigenvalue weighted by Crippen LogP contribution is -2.52. The summed E-state index contributed by atoms with van der Waals surface area (Å²) >= 11 is 12.3. The number of benzene rings is 3. The predicted octanol–water partition coefficient (Wildman–Crippen LogP) is 6.79. The van der Waals surface area contributed by atoms with Crippen LogP contribution in [0.3, 0.4) is 0 Å². The Balaban J connectivity index is 1.61. The number of hydrogen-bond donors (Lipinski definition) is 0. The van der Waals surface area contributed by atoms with Gasteiger partial charge in [-0.05, 0) is 65.6 Å². The number of carbonyl (C=O) groups excluding carboxylic acids is 1. The SMILES string of the molecule is CCC(COCc1ccc(OC)c(OC)c1)N1C(=O)CO[C@H](c2cc(F)cc(Cl)c2)[C@H]1c1ccc(Cl)cc1. The number of rotatable bonds is 10. The topological polar surface area (TPSA) is 57.2 Å². The Kier molecular flexibility index (Phi) is 9.49. The second-order valence-corrected chi connectivity index (χ2v) is 9.87. The van der Waals surface area contributed by atoms with E-state index in [4.69, 9.17) is 42.1 Å². The molecule has 3 aromatic carbocycles. The predicted molar refractivity (Wildman–Crippen MR) is 144 cm³/mol. The van der Waals surface area contributed by atoms with Crippen molar-refractivity contribution in [2.75, 3.05) is 27.4 Å². The minimum atomic E-state index is -0.637. The molecule has 1 saturated heterocycles. The van der Waals surface area contributed by atoms with Crippen LogP contribution in [0.4, 0.5) is 4.39 Å². The van der Waals surface area contributed by atoms with Crippen molar-refractivity contribution in [1.29, 1.82) is 0 Å². The third-order valence-electron chi connectivity index (χ3n) is 6.58. The largest absolute Gasteiger partial charge is 0.493 e. The van der Waals surface area contributed by atoms with Crippen LogP contribution in [0.5, 0.6) is 11.5 Å². The van der Waals surface area contributed by atoms with Gasteiger partial charge in [0.1, 0.15) is 18.5 Å². The molecule has 6 nitrogen and oxygen atoms in total. The van der Waals surface area contributed by atoms with Crippen LogP contribution in [-0.2, 0) is 20.9 Å². The number of halogens is 3. The van der Waals surface area contributed by atoms with Crippen molar-refractivity contribution in [3.05, 3.63) is 93.2 Å². The van der Waals surface area contributed by atoms with Gasteiger partial charge < -0.3 is 23.8 Å². The van der Waals surface area contributed by atoms with Crippen LogP contribution >= 0.6 is 23.2 Å². The molecule has 0 radical (unpaired) electrons. The van der Waals surface area contributed by atoms with Crippen LogP contribution < -0.4 is 9.47 Å². The van der Waals surface area contributed by atoms with Crippen LogP contribution in [0.15, 0.2) is 60.7 Å². The average Bonchev–Trinajstić information content (AvgIpc) is 2.91. The summed E-state index contributed by atoms with van der Waals surface area (Å²) in [4.78, 5) is 15.1. The molecule has 9 heteroatoms. The van der Waals surface area contributed by atoms with Crippen LogP contribution in [-0.4, -0.2) is 44.3 Å². The van der Waals surface area contributed by atoms with E-state index in [1.807, 2.05) is 37.3 Å². The van der Waals surface area contributed by atoms with E-state index in [9.17, 15) is 9.18 Å². The summed E-state index contributed by atoms with van der Waals surface area (Å²) in [6.45, 7) is 2.47. The molecule has 0 aliphatic carbocycles. The first kappa shape index (κ1) is 28.2.